The summed E-state index contributed by atoms with van der Waals surface area (Å²) >= 11 is 0. The van der Waals surface area contributed by atoms with Gasteiger partial charge in [0.25, 0.3) is 6.47 Å². The average Bonchev–Trinajstić information content (AvgIpc) is 2.85. The zero-order valence-corrected chi connectivity index (χ0v) is 10.3. The van der Waals surface area contributed by atoms with Crippen molar-refractivity contribution in [2.24, 2.45) is 0 Å². The zero-order valence-electron chi connectivity index (χ0n) is 10.3. The van der Waals surface area contributed by atoms with E-state index in [0.29, 0.717) is 19.3 Å². The van der Waals surface area contributed by atoms with Crippen LogP contribution in [0.5, 0.6) is 0 Å². The lowest BCUT2D eigenvalue weighted by atomic mass is 10.0. The van der Waals surface area contributed by atoms with Gasteiger partial charge >= 0.3 is 0 Å². The molecule has 0 spiro atoms. The number of aryl methyl sites for hydroxylation is 1. The Morgan fingerprint density at radius 2 is 2.11 bits per heavy atom. The highest BCUT2D eigenvalue weighted by atomic mass is 16.5. The molecule has 0 bridgehead atoms. The van der Waals surface area contributed by atoms with Crippen molar-refractivity contribution in [3.8, 4) is 0 Å². The Kier molecular flexibility index (Phi) is 4.12. The molecule has 1 unspecified atom stereocenters. The van der Waals surface area contributed by atoms with Crippen molar-refractivity contribution in [3.63, 3.8) is 0 Å². The largest absolute Gasteiger partial charge is 0.464 e. The lowest BCUT2D eigenvalue weighted by Crippen LogP contribution is -2.18. The molecular weight excluding hydrogens is 228 g/mol. The normalized spacial score (nSPS) is 12.1. The van der Waals surface area contributed by atoms with E-state index in [1.54, 1.807) is 12.5 Å². The summed E-state index contributed by atoms with van der Waals surface area (Å²) in [5.74, 6) is 0. The SMILES string of the molecule is Cc1ccc(CC(Cc2cnc[nH]2)OC=O)cc1. The van der Waals surface area contributed by atoms with Gasteiger partial charge in [-0.05, 0) is 12.5 Å². The molecule has 0 saturated carbocycles. The molecule has 18 heavy (non-hydrogen) atoms. The Morgan fingerprint density at radius 1 is 1.33 bits per heavy atom. The van der Waals surface area contributed by atoms with Crippen molar-refractivity contribution in [2.75, 3.05) is 0 Å². The summed E-state index contributed by atoms with van der Waals surface area (Å²) in [6, 6.07) is 8.24. The van der Waals surface area contributed by atoms with Crippen LogP contribution in [-0.2, 0) is 22.4 Å². The minimum Gasteiger partial charge on any atom is -0.464 e. The van der Waals surface area contributed by atoms with E-state index >= 15 is 0 Å². The van der Waals surface area contributed by atoms with Crippen molar-refractivity contribution in [1.29, 1.82) is 0 Å². The van der Waals surface area contributed by atoms with Gasteiger partial charge in [0.1, 0.15) is 6.10 Å². The third-order valence-corrected chi connectivity index (χ3v) is 2.83. The molecule has 1 atom stereocenters. The van der Waals surface area contributed by atoms with Crippen LogP contribution in [0.15, 0.2) is 36.8 Å². The van der Waals surface area contributed by atoms with Gasteiger partial charge in [0.15, 0.2) is 0 Å². The number of rotatable bonds is 6. The summed E-state index contributed by atoms with van der Waals surface area (Å²) in [7, 11) is 0. The van der Waals surface area contributed by atoms with Gasteiger partial charge in [0, 0.05) is 24.7 Å². The maximum absolute atomic E-state index is 10.5. The predicted octanol–water partition coefficient (Wildman–Crippen LogP) is 2.04. The number of hydrogen-bond donors (Lipinski definition) is 1. The first-order valence-corrected chi connectivity index (χ1v) is 5.90. The van der Waals surface area contributed by atoms with Crippen LogP contribution in [0.1, 0.15) is 16.8 Å². The van der Waals surface area contributed by atoms with Crippen molar-refractivity contribution in [1.82, 2.24) is 9.97 Å². The number of ether oxygens (including phenoxy) is 1. The fraction of sp³-hybridized carbons (Fsp3) is 0.286. The maximum atomic E-state index is 10.5. The highest BCUT2D eigenvalue weighted by molar-refractivity contribution is 5.38. The molecular formula is C14H16N2O2. The van der Waals surface area contributed by atoms with Gasteiger partial charge in [0.2, 0.25) is 0 Å². The number of hydrogen-bond acceptors (Lipinski definition) is 3. The van der Waals surface area contributed by atoms with E-state index < -0.39 is 0 Å². The molecule has 0 aliphatic carbocycles. The van der Waals surface area contributed by atoms with Crippen LogP contribution in [0.3, 0.4) is 0 Å². The van der Waals surface area contributed by atoms with Crippen LogP contribution in [0.4, 0.5) is 0 Å². The minimum atomic E-state index is -0.161. The quantitative estimate of drug-likeness (QED) is 0.791. The van der Waals surface area contributed by atoms with Crippen LogP contribution >= 0.6 is 0 Å². The molecule has 4 heteroatoms. The number of carbonyl (C=O) groups excluding carboxylic acids is 1. The van der Waals surface area contributed by atoms with E-state index in [-0.39, 0.29) is 6.10 Å². The third kappa shape index (κ3) is 3.45. The molecule has 0 aliphatic heterocycles. The fourth-order valence-electron chi connectivity index (χ4n) is 1.88. The Hall–Kier alpha value is -2.10. The zero-order chi connectivity index (χ0) is 12.8. The predicted molar refractivity (Wildman–Crippen MR) is 68.1 cm³/mol. The first-order chi connectivity index (χ1) is 8.78. The van der Waals surface area contributed by atoms with Crippen LogP contribution in [0, 0.1) is 6.92 Å². The van der Waals surface area contributed by atoms with Gasteiger partial charge < -0.3 is 9.72 Å². The third-order valence-electron chi connectivity index (χ3n) is 2.83. The number of carbonyl (C=O) groups is 1. The number of aromatic amines is 1. The molecule has 1 aromatic carbocycles. The van der Waals surface area contributed by atoms with Crippen molar-refractivity contribution in [2.45, 2.75) is 25.9 Å². The summed E-state index contributed by atoms with van der Waals surface area (Å²) in [6.45, 7) is 2.56. The van der Waals surface area contributed by atoms with Gasteiger partial charge in [-0.15, -0.1) is 0 Å². The van der Waals surface area contributed by atoms with E-state index in [1.807, 2.05) is 6.92 Å². The standard InChI is InChI=1S/C14H16N2O2/c1-11-2-4-12(5-3-11)6-14(18-10-17)7-13-8-15-9-16-13/h2-5,8-10,14H,6-7H2,1H3,(H,15,16). The lowest BCUT2D eigenvalue weighted by molar-refractivity contribution is -0.133. The van der Waals surface area contributed by atoms with Crippen molar-refractivity contribution < 1.29 is 9.53 Å². The molecule has 0 aliphatic rings. The number of benzene rings is 1. The second kappa shape index (κ2) is 6.00. The Morgan fingerprint density at radius 3 is 2.72 bits per heavy atom. The second-order valence-electron chi connectivity index (χ2n) is 4.33. The number of nitrogens with zero attached hydrogens (tertiary/aromatic N) is 1. The molecule has 1 heterocycles. The van der Waals surface area contributed by atoms with Crippen LogP contribution < -0.4 is 0 Å². The number of H-pyrrole nitrogens is 1. The monoisotopic (exact) mass is 244 g/mol. The van der Waals surface area contributed by atoms with Crippen LogP contribution in [0.2, 0.25) is 0 Å². The lowest BCUT2D eigenvalue weighted by Gasteiger charge is -2.14. The van der Waals surface area contributed by atoms with Gasteiger partial charge in [-0.25, -0.2) is 4.98 Å². The molecule has 1 aromatic heterocycles. The topological polar surface area (TPSA) is 55.0 Å². The van der Waals surface area contributed by atoms with E-state index in [2.05, 4.69) is 34.2 Å². The molecule has 2 aromatic rings. The highest BCUT2D eigenvalue weighted by Gasteiger charge is 2.12. The van der Waals surface area contributed by atoms with Gasteiger partial charge in [-0.1, -0.05) is 29.8 Å². The van der Waals surface area contributed by atoms with E-state index in [1.165, 1.54) is 5.56 Å². The van der Waals surface area contributed by atoms with Gasteiger partial charge in [0.05, 0.1) is 6.33 Å². The number of nitrogens with one attached hydrogen (secondary N) is 1. The number of aromatic nitrogens is 2. The van der Waals surface area contributed by atoms with Crippen molar-refractivity contribution in [3.05, 3.63) is 53.6 Å². The molecule has 0 amide bonds. The molecule has 0 radical (unpaired) electrons. The van der Waals surface area contributed by atoms with Crippen LogP contribution in [0.25, 0.3) is 0 Å². The summed E-state index contributed by atoms with van der Waals surface area (Å²) in [4.78, 5) is 17.5. The molecule has 4 nitrogen and oxygen atoms in total. The van der Waals surface area contributed by atoms with Crippen molar-refractivity contribution >= 4 is 6.47 Å². The summed E-state index contributed by atoms with van der Waals surface area (Å²) in [6.07, 6.45) is 4.56. The first-order valence-electron chi connectivity index (χ1n) is 5.90. The smallest absolute Gasteiger partial charge is 0.293 e. The Labute approximate surface area is 106 Å². The molecule has 2 rings (SSSR count). The Bertz CT molecular complexity index is 477. The van der Waals surface area contributed by atoms with E-state index in [4.69, 9.17) is 4.74 Å². The summed E-state index contributed by atoms with van der Waals surface area (Å²) in [5.41, 5.74) is 3.35. The molecule has 1 N–H and O–H groups in total. The first kappa shape index (κ1) is 12.4. The molecule has 0 fully saturated rings. The van der Waals surface area contributed by atoms with Crippen LogP contribution in [-0.4, -0.2) is 22.5 Å². The highest BCUT2D eigenvalue weighted by Crippen LogP contribution is 2.11. The van der Waals surface area contributed by atoms with Gasteiger partial charge in [-0.2, -0.15) is 0 Å². The second-order valence-corrected chi connectivity index (χ2v) is 4.33. The van der Waals surface area contributed by atoms with E-state index in [9.17, 15) is 4.79 Å². The molecule has 94 valence electrons. The fourth-order valence-corrected chi connectivity index (χ4v) is 1.88. The average molecular weight is 244 g/mol. The maximum Gasteiger partial charge on any atom is 0.293 e. The number of imidazole rings is 1. The Balaban J connectivity index is 2.01. The summed E-state index contributed by atoms with van der Waals surface area (Å²) in [5, 5.41) is 0. The van der Waals surface area contributed by atoms with Gasteiger partial charge in [-0.3, -0.25) is 4.79 Å². The summed E-state index contributed by atoms with van der Waals surface area (Å²) < 4.78 is 5.12. The minimum absolute atomic E-state index is 0.161. The van der Waals surface area contributed by atoms with E-state index in [0.717, 1.165) is 11.3 Å². The molecule has 0 saturated heterocycles.